The van der Waals surface area contributed by atoms with Gasteiger partial charge >= 0.3 is 0 Å². The lowest BCUT2D eigenvalue weighted by Gasteiger charge is -2.30. The summed E-state index contributed by atoms with van der Waals surface area (Å²) in [5.74, 6) is -0.964. The van der Waals surface area contributed by atoms with Gasteiger partial charge in [-0.25, -0.2) is 8.78 Å². The molecule has 0 aliphatic rings. The molecule has 2 atom stereocenters. The second kappa shape index (κ2) is 6.99. The van der Waals surface area contributed by atoms with Gasteiger partial charge in [-0.15, -0.1) is 0 Å². The first-order chi connectivity index (χ1) is 13.6. The van der Waals surface area contributed by atoms with Gasteiger partial charge in [0.2, 0.25) is 0 Å². The highest BCUT2D eigenvalue weighted by atomic mass is 127. The van der Waals surface area contributed by atoms with Gasteiger partial charge in [0.15, 0.2) is 0 Å². The van der Waals surface area contributed by atoms with Gasteiger partial charge in [-0.1, -0.05) is 0 Å². The summed E-state index contributed by atoms with van der Waals surface area (Å²) < 4.78 is 29.3. The highest BCUT2D eigenvalue weighted by molar-refractivity contribution is 14.1. The lowest BCUT2D eigenvalue weighted by molar-refractivity contribution is -0.00786. The Hall–Kier alpha value is -2.11. The van der Waals surface area contributed by atoms with Gasteiger partial charge in [-0.2, -0.15) is 10.2 Å². The largest absolute Gasteiger partial charge is 0.385 e. The van der Waals surface area contributed by atoms with Crippen molar-refractivity contribution < 1.29 is 19.0 Å². The van der Waals surface area contributed by atoms with Gasteiger partial charge in [-0.05, 0) is 84.7 Å². The first kappa shape index (κ1) is 20.2. The molecule has 2 aromatic carbocycles. The van der Waals surface area contributed by atoms with E-state index in [-0.39, 0.29) is 12.8 Å². The summed E-state index contributed by atoms with van der Waals surface area (Å²) in [5, 5.41) is 35.9. The lowest BCUT2D eigenvalue weighted by Crippen LogP contribution is -2.28. The minimum atomic E-state index is -1.41. The number of H-pyrrole nitrogens is 2. The number of rotatable bonds is 5. The van der Waals surface area contributed by atoms with E-state index >= 15 is 0 Å². The van der Waals surface area contributed by atoms with Crippen molar-refractivity contribution in [2.45, 2.75) is 37.9 Å². The molecule has 0 aliphatic carbocycles. The van der Waals surface area contributed by atoms with Crippen LogP contribution in [0.3, 0.4) is 0 Å². The molecule has 2 aromatic heterocycles. The molecule has 0 amide bonds. The summed E-state index contributed by atoms with van der Waals surface area (Å²) >= 11 is 1.94. The number of aliphatic hydroxyl groups is 2. The molecule has 6 nitrogen and oxygen atoms in total. The maximum atomic E-state index is 14.5. The summed E-state index contributed by atoms with van der Waals surface area (Å²) in [6, 6.07) is 5.84. The van der Waals surface area contributed by atoms with E-state index in [9.17, 15) is 19.0 Å². The van der Waals surface area contributed by atoms with Crippen molar-refractivity contribution in [3.63, 3.8) is 0 Å². The number of aromatic nitrogens is 4. The molecule has 0 radical (unpaired) electrons. The van der Waals surface area contributed by atoms with E-state index in [1.165, 1.54) is 18.3 Å². The summed E-state index contributed by atoms with van der Waals surface area (Å²) in [6.07, 6.45) is 1.63. The number of nitrogens with one attached hydrogen (secondary N) is 2. The molecular weight excluding hydrogens is 493 g/mol. The standard InChI is InChI=1S/C20H19F2IN4O2/c1-19(28,10-5-13(21)12-9-24-25-15(12)7-10)3-4-20(2,29)11-6-14(22)17-16(8-11)26-27-18(17)23/h5-9,28-29H,3-4H2,1-2H3,(H,24,25)(H,26,27). The summed E-state index contributed by atoms with van der Waals surface area (Å²) in [6.45, 7) is 3.12. The molecule has 9 heteroatoms. The number of nitrogens with zero attached hydrogens (tertiary/aromatic N) is 2. The maximum Gasteiger partial charge on any atom is 0.135 e. The van der Waals surface area contributed by atoms with Crippen LogP contribution in [0.5, 0.6) is 0 Å². The van der Waals surface area contributed by atoms with Crippen LogP contribution in [0.15, 0.2) is 30.5 Å². The normalized spacial score (nSPS) is 16.2. The minimum Gasteiger partial charge on any atom is -0.385 e. The van der Waals surface area contributed by atoms with Gasteiger partial charge in [0.05, 0.1) is 39.2 Å². The van der Waals surface area contributed by atoms with Crippen LogP contribution in [-0.2, 0) is 11.2 Å². The fourth-order valence-corrected chi connectivity index (χ4v) is 4.14. The minimum absolute atomic E-state index is 0.124. The first-order valence-corrected chi connectivity index (χ1v) is 10.1. The summed E-state index contributed by atoms with van der Waals surface area (Å²) in [7, 11) is 0. The van der Waals surface area contributed by atoms with Crippen molar-refractivity contribution in [2.75, 3.05) is 0 Å². The van der Waals surface area contributed by atoms with Crippen molar-refractivity contribution in [2.24, 2.45) is 0 Å². The van der Waals surface area contributed by atoms with E-state index in [4.69, 9.17) is 0 Å². The van der Waals surface area contributed by atoms with Gasteiger partial charge in [0, 0.05) is 0 Å². The van der Waals surface area contributed by atoms with E-state index in [0.29, 0.717) is 36.6 Å². The van der Waals surface area contributed by atoms with Crippen LogP contribution in [-0.4, -0.2) is 30.6 Å². The molecule has 2 unspecified atom stereocenters. The first-order valence-electron chi connectivity index (χ1n) is 9.00. The highest BCUT2D eigenvalue weighted by Gasteiger charge is 2.32. The second-order valence-electron chi connectivity index (χ2n) is 7.73. The van der Waals surface area contributed by atoms with Crippen LogP contribution in [0.1, 0.15) is 37.8 Å². The zero-order valence-electron chi connectivity index (χ0n) is 15.7. The molecule has 0 aliphatic heterocycles. The van der Waals surface area contributed by atoms with Gasteiger partial charge in [0.25, 0.3) is 0 Å². The van der Waals surface area contributed by atoms with Crippen molar-refractivity contribution in [1.29, 1.82) is 0 Å². The Morgan fingerprint density at radius 2 is 1.52 bits per heavy atom. The molecule has 29 heavy (non-hydrogen) atoms. The Kier molecular flexibility index (Phi) is 4.87. The van der Waals surface area contributed by atoms with Crippen LogP contribution in [0.25, 0.3) is 21.8 Å². The molecule has 0 spiro atoms. The molecule has 152 valence electrons. The Morgan fingerprint density at radius 1 is 0.931 bits per heavy atom. The van der Waals surface area contributed by atoms with Crippen LogP contribution < -0.4 is 0 Å². The van der Waals surface area contributed by atoms with E-state index in [1.807, 2.05) is 22.6 Å². The van der Waals surface area contributed by atoms with Gasteiger partial charge < -0.3 is 10.2 Å². The molecular formula is C20H19F2IN4O2. The zero-order chi connectivity index (χ0) is 21.0. The maximum absolute atomic E-state index is 14.5. The van der Waals surface area contributed by atoms with Crippen molar-refractivity contribution in [3.8, 4) is 0 Å². The highest BCUT2D eigenvalue weighted by Crippen LogP contribution is 2.36. The number of aromatic amines is 2. The fourth-order valence-electron chi connectivity index (χ4n) is 3.48. The van der Waals surface area contributed by atoms with E-state index in [0.717, 1.165) is 0 Å². The predicted octanol–water partition coefficient (Wildman–Crippen LogP) is 4.22. The summed E-state index contributed by atoms with van der Waals surface area (Å²) in [5.41, 5.74) is -1.11. The molecule has 4 aromatic rings. The van der Waals surface area contributed by atoms with E-state index in [1.54, 1.807) is 26.0 Å². The van der Waals surface area contributed by atoms with Gasteiger partial charge in [0.1, 0.15) is 15.3 Å². The van der Waals surface area contributed by atoms with Crippen LogP contribution in [0, 0.1) is 15.3 Å². The van der Waals surface area contributed by atoms with Gasteiger partial charge in [-0.3, -0.25) is 10.2 Å². The van der Waals surface area contributed by atoms with Crippen molar-refractivity contribution in [1.82, 2.24) is 20.4 Å². The van der Waals surface area contributed by atoms with E-state index < -0.39 is 22.8 Å². The zero-order valence-corrected chi connectivity index (χ0v) is 17.9. The second-order valence-corrected chi connectivity index (χ2v) is 8.75. The SMILES string of the molecule is CC(O)(CCC(C)(O)c1cc(F)c2c(I)n[nH]c2c1)c1cc(F)c2cn[nH]c2c1. The third kappa shape index (κ3) is 3.62. The third-order valence-corrected chi connectivity index (χ3v) is 6.20. The third-order valence-electron chi connectivity index (χ3n) is 5.42. The fraction of sp³-hybridized carbons (Fsp3) is 0.300. The Labute approximate surface area is 178 Å². The van der Waals surface area contributed by atoms with Crippen molar-refractivity contribution >= 4 is 44.4 Å². The lowest BCUT2D eigenvalue weighted by atomic mass is 9.83. The Morgan fingerprint density at radius 3 is 2.17 bits per heavy atom. The molecule has 0 fully saturated rings. The quantitative estimate of drug-likeness (QED) is 0.301. The predicted molar refractivity (Wildman–Crippen MR) is 113 cm³/mol. The Balaban J connectivity index is 1.60. The van der Waals surface area contributed by atoms with Crippen LogP contribution in [0.4, 0.5) is 8.78 Å². The smallest absolute Gasteiger partial charge is 0.135 e. The number of hydrogen-bond acceptors (Lipinski definition) is 4. The molecule has 4 rings (SSSR count). The molecule has 0 saturated carbocycles. The average Bonchev–Trinajstić information content (AvgIpc) is 3.27. The number of halogens is 3. The summed E-state index contributed by atoms with van der Waals surface area (Å²) in [4.78, 5) is 0. The molecule has 0 bridgehead atoms. The average molecular weight is 512 g/mol. The van der Waals surface area contributed by atoms with Crippen LogP contribution >= 0.6 is 22.6 Å². The van der Waals surface area contributed by atoms with Crippen LogP contribution in [0.2, 0.25) is 0 Å². The molecule has 2 heterocycles. The monoisotopic (exact) mass is 512 g/mol. The molecule has 4 N–H and O–H groups in total. The topological polar surface area (TPSA) is 97.8 Å². The number of fused-ring (bicyclic) bond motifs is 2. The van der Waals surface area contributed by atoms with Crippen molar-refractivity contribution in [3.05, 3.63) is 56.9 Å². The number of hydrogen-bond donors (Lipinski definition) is 4. The molecule has 0 saturated heterocycles. The number of benzene rings is 2. The van der Waals surface area contributed by atoms with E-state index in [2.05, 4.69) is 20.4 Å². The Bertz CT molecular complexity index is 1220.